The molecule has 1 aromatic carbocycles. The zero-order valence-corrected chi connectivity index (χ0v) is 15.2. The molecule has 0 spiro atoms. The summed E-state index contributed by atoms with van der Waals surface area (Å²) < 4.78 is 20.9. The monoisotopic (exact) mass is 351 g/mol. The highest BCUT2D eigenvalue weighted by Gasteiger charge is 2.26. The van der Waals surface area contributed by atoms with Gasteiger partial charge in [0.15, 0.2) is 18.1 Å². The quantitative estimate of drug-likeness (QED) is 0.732. The Kier molecular flexibility index (Phi) is 6.50. The first-order chi connectivity index (χ1) is 12.0. The number of carbonyl (C=O) groups is 2. The minimum absolute atomic E-state index is 0.176. The number of carbonyl (C=O) groups excluding carboxylic acids is 2. The molecule has 0 radical (unpaired) electrons. The molecule has 1 heterocycles. The lowest BCUT2D eigenvalue weighted by Gasteiger charge is -2.33. The summed E-state index contributed by atoms with van der Waals surface area (Å²) in [6.45, 7) is 2.42. The number of amides is 1. The average Bonchev–Trinajstić information content (AvgIpc) is 2.64. The van der Waals surface area contributed by atoms with Crippen LogP contribution in [0.15, 0.2) is 12.1 Å². The molecular weight excluding hydrogens is 326 g/mol. The van der Waals surface area contributed by atoms with Crippen LogP contribution in [0.4, 0.5) is 0 Å². The molecule has 1 saturated heterocycles. The number of nitrogens with zero attached hydrogens (tertiary/aromatic N) is 1. The van der Waals surface area contributed by atoms with E-state index >= 15 is 0 Å². The van der Waals surface area contributed by atoms with Crippen LogP contribution < -0.4 is 14.2 Å². The fourth-order valence-corrected chi connectivity index (χ4v) is 3.02. The minimum Gasteiger partial charge on any atom is -0.493 e. The molecule has 0 aromatic heterocycles. The molecule has 0 aliphatic carbocycles. The van der Waals surface area contributed by atoms with Gasteiger partial charge < -0.3 is 23.8 Å². The molecule has 0 N–H and O–H groups in total. The highest BCUT2D eigenvalue weighted by Crippen LogP contribution is 2.39. The lowest BCUT2D eigenvalue weighted by molar-refractivity contribution is -0.137. The van der Waals surface area contributed by atoms with Crippen molar-refractivity contribution in [3.8, 4) is 17.2 Å². The summed E-state index contributed by atoms with van der Waals surface area (Å²) >= 11 is 0. The van der Waals surface area contributed by atoms with Crippen molar-refractivity contribution in [2.24, 2.45) is 0 Å². The van der Waals surface area contributed by atoms with E-state index in [1.807, 2.05) is 6.92 Å². The summed E-state index contributed by atoms with van der Waals surface area (Å²) in [6.07, 6.45) is 3.07. The number of hydrogen-bond donors (Lipinski definition) is 0. The molecule has 25 heavy (non-hydrogen) atoms. The lowest BCUT2D eigenvalue weighted by Crippen LogP contribution is -2.44. The van der Waals surface area contributed by atoms with Gasteiger partial charge in [0, 0.05) is 12.6 Å². The van der Waals surface area contributed by atoms with Crippen LogP contribution in [-0.4, -0.2) is 57.3 Å². The van der Waals surface area contributed by atoms with Crippen LogP contribution in [0.1, 0.15) is 36.5 Å². The van der Waals surface area contributed by atoms with E-state index in [1.165, 1.54) is 27.4 Å². The summed E-state index contributed by atoms with van der Waals surface area (Å²) in [5.74, 6) is 0.131. The molecular formula is C18H25NO6. The summed E-state index contributed by atoms with van der Waals surface area (Å²) in [7, 11) is 4.37. The molecule has 1 aliphatic heterocycles. The average molecular weight is 351 g/mol. The van der Waals surface area contributed by atoms with Gasteiger partial charge in [-0.3, -0.25) is 4.79 Å². The van der Waals surface area contributed by atoms with Crippen LogP contribution in [-0.2, 0) is 9.53 Å². The molecule has 2 rings (SSSR count). The topological polar surface area (TPSA) is 74.3 Å². The van der Waals surface area contributed by atoms with Crippen molar-refractivity contribution < 1.29 is 28.5 Å². The van der Waals surface area contributed by atoms with Crippen LogP contribution in [0.5, 0.6) is 17.2 Å². The Morgan fingerprint density at radius 1 is 1.08 bits per heavy atom. The van der Waals surface area contributed by atoms with Gasteiger partial charge in [-0.2, -0.15) is 0 Å². The van der Waals surface area contributed by atoms with Gasteiger partial charge in [0.2, 0.25) is 5.75 Å². The third kappa shape index (κ3) is 4.15. The van der Waals surface area contributed by atoms with Crippen molar-refractivity contribution in [3.05, 3.63) is 17.7 Å². The second-order valence-corrected chi connectivity index (χ2v) is 5.89. The Labute approximate surface area is 147 Å². The van der Waals surface area contributed by atoms with Gasteiger partial charge >= 0.3 is 5.97 Å². The van der Waals surface area contributed by atoms with Crippen molar-refractivity contribution in [1.29, 1.82) is 0 Å². The molecule has 1 aliphatic rings. The maximum Gasteiger partial charge on any atom is 0.342 e. The molecule has 1 amide bonds. The van der Waals surface area contributed by atoms with Crippen LogP contribution in [0.2, 0.25) is 0 Å². The third-order valence-corrected chi connectivity index (χ3v) is 4.37. The van der Waals surface area contributed by atoms with Gasteiger partial charge in [0.1, 0.15) is 5.56 Å². The minimum atomic E-state index is -0.643. The Morgan fingerprint density at radius 2 is 1.80 bits per heavy atom. The van der Waals surface area contributed by atoms with Crippen molar-refractivity contribution in [2.45, 2.75) is 32.2 Å². The molecule has 0 saturated carbocycles. The fraction of sp³-hybridized carbons (Fsp3) is 0.556. The predicted octanol–water partition coefficient (Wildman–Crippen LogP) is 2.27. The predicted molar refractivity (Wildman–Crippen MR) is 91.4 cm³/mol. The van der Waals surface area contributed by atoms with E-state index in [2.05, 4.69) is 0 Å². The van der Waals surface area contributed by atoms with Gasteiger partial charge in [0.25, 0.3) is 5.91 Å². The first-order valence-electron chi connectivity index (χ1n) is 8.29. The van der Waals surface area contributed by atoms with E-state index in [9.17, 15) is 9.59 Å². The van der Waals surface area contributed by atoms with Gasteiger partial charge in [-0.05, 0) is 38.3 Å². The molecule has 1 fully saturated rings. The van der Waals surface area contributed by atoms with Crippen LogP contribution in [0, 0.1) is 0 Å². The number of ether oxygens (including phenoxy) is 4. The molecule has 0 unspecified atom stereocenters. The molecule has 7 nitrogen and oxygen atoms in total. The maximum atomic E-state index is 12.4. The van der Waals surface area contributed by atoms with E-state index in [4.69, 9.17) is 18.9 Å². The van der Waals surface area contributed by atoms with Gasteiger partial charge in [-0.15, -0.1) is 0 Å². The van der Waals surface area contributed by atoms with Crippen molar-refractivity contribution in [2.75, 3.05) is 34.5 Å². The lowest BCUT2D eigenvalue weighted by atomic mass is 10.0. The zero-order valence-electron chi connectivity index (χ0n) is 15.2. The first kappa shape index (κ1) is 18.9. The van der Waals surface area contributed by atoms with Crippen molar-refractivity contribution >= 4 is 11.9 Å². The van der Waals surface area contributed by atoms with Gasteiger partial charge in [0.05, 0.1) is 21.3 Å². The van der Waals surface area contributed by atoms with Crippen molar-refractivity contribution in [3.63, 3.8) is 0 Å². The molecule has 1 aromatic rings. The maximum absolute atomic E-state index is 12.4. The van der Waals surface area contributed by atoms with E-state index in [0.717, 1.165) is 19.3 Å². The van der Waals surface area contributed by atoms with Gasteiger partial charge in [-0.1, -0.05) is 0 Å². The third-order valence-electron chi connectivity index (χ3n) is 4.37. The van der Waals surface area contributed by atoms with E-state index < -0.39 is 5.97 Å². The fourth-order valence-electron chi connectivity index (χ4n) is 3.02. The second-order valence-electron chi connectivity index (χ2n) is 5.89. The Hall–Kier alpha value is -2.44. The Balaban J connectivity index is 2.09. The number of esters is 1. The highest BCUT2D eigenvalue weighted by atomic mass is 16.5. The number of likely N-dealkylation sites (tertiary alicyclic amines) is 1. The van der Waals surface area contributed by atoms with E-state index in [0.29, 0.717) is 18.0 Å². The molecule has 0 bridgehead atoms. The summed E-state index contributed by atoms with van der Waals surface area (Å²) in [5, 5.41) is 0. The Morgan fingerprint density at radius 3 is 2.40 bits per heavy atom. The van der Waals surface area contributed by atoms with Crippen LogP contribution in [0.25, 0.3) is 0 Å². The van der Waals surface area contributed by atoms with Crippen LogP contribution in [0.3, 0.4) is 0 Å². The van der Waals surface area contributed by atoms with Crippen molar-refractivity contribution in [1.82, 2.24) is 4.90 Å². The van der Waals surface area contributed by atoms with E-state index in [-0.39, 0.29) is 29.9 Å². The highest BCUT2D eigenvalue weighted by molar-refractivity contribution is 5.95. The standard InChI is InChI=1S/C18H25NO6/c1-12-7-5-6-10-19(12)15(20)11-25-18(21)13-8-9-14(22-2)17(24-4)16(13)23-3/h8-9,12H,5-7,10-11H2,1-4H3/t12-/m0/s1. The van der Waals surface area contributed by atoms with E-state index in [1.54, 1.807) is 11.0 Å². The second kappa shape index (κ2) is 8.60. The number of benzene rings is 1. The summed E-state index contributed by atoms with van der Waals surface area (Å²) in [4.78, 5) is 26.5. The van der Waals surface area contributed by atoms with Gasteiger partial charge in [-0.25, -0.2) is 4.79 Å². The molecule has 138 valence electrons. The SMILES string of the molecule is COc1ccc(C(=O)OCC(=O)N2CCCC[C@@H]2C)c(OC)c1OC. The number of hydrogen-bond acceptors (Lipinski definition) is 6. The number of rotatable bonds is 6. The van der Waals surface area contributed by atoms with Crippen LogP contribution >= 0.6 is 0 Å². The summed E-state index contributed by atoms with van der Waals surface area (Å²) in [5.41, 5.74) is 0.180. The summed E-state index contributed by atoms with van der Waals surface area (Å²) in [6, 6.07) is 3.29. The largest absolute Gasteiger partial charge is 0.493 e. The number of methoxy groups -OCH3 is 3. The first-order valence-corrected chi connectivity index (χ1v) is 8.29. The zero-order chi connectivity index (χ0) is 18.4. The number of piperidine rings is 1. The smallest absolute Gasteiger partial charge is 0.342 e. The Bertz CT molecular complexity index is 630. The molecule has 7 heteroatoms. The normalized spacial score (nSPS) is 17.0. The molecule has 1 atom stereocenters.